The first-order valence-electron chi connectivity index (χ1n) is 9.18. The van der Waals surface area contributed by atoms with Crippen LogP contribution in [0.25, 0.3) is 21.7 Å². The average Bonchev–Trinajstić information content (AvgIpc) is 2.67. The van der Waals surface area contributed by atoms with Gasteiger partial charge in [-0.1, -0.05) is 24.3 Å². The number of amides is 1. The topological polar surface area (TPSA) is 91.4 Å². The molecule has 1 atom stereocenters. The van der Waals surface area contributed by atoms with Gasteiger partial charge >= 0.3 is 6.09 Å². The van der Waals surface area contributed by atoms with E-state index in [1.165, 1.54) is 0 Å². The number of aromatic nitrogens is 1. The number of alkyl carbamates (subject to hydrolysis) is 1. The maximum absolute atomic E-state index is 13.4. The molecule has 1 amide bonds. The fraction of sp³-hybridized carbons (Fsp3) is 0.273. The van der Waals surface area contributed by atoms with Crippen LogP contribution in [0.4, 0.5) is 9.18 Å². The monoisotopic (exact) mass is 398 g/mol. The van der Waals surface area contributed by atoms with Crippen molar-refractivity contribution in [3.05, 3.63) is 70.3 Å². The Balaban J connectivity index is 1.89. The lowest BCUT2D eigenvalue weighted by Gasteiger charge is -2.21. The molecule has 1 unspecified atom stereocenters. The first kappa shape index (κ1) is 20.5. The van der Waals surface area contributed by atoms with Gasteiger partial charge in [-0.2, -0.15) is 0 Å². The summed E-state index contributed by atoms with van der Waals surface area (Å²) in [5.41, 5.74) is 0.140. The number of pyridine rings is 1. The third-order valence-electron chi connectivity index (χ3n) is 4.40. The number of H-pyrrole nitrogens is 1. The van der Waals surface area contributed by atoms with Gasteiger partial charge in [-0.25, -0.2) is 9.18 Å². The van der Waals surface area contributed by atoms with Crippen molar-refractivity contribution < 1.29 is 19.0 Å². The molecule has 3 aromatic rings. The highest BCUT2D eigenvalue weighted by atomic mass is 19.1. The van der Waals surface area contributed by atoms with E-state index in [0.29, 0.717) is 16.5 Å². The lowest BCUT2D eigenvalue weighted by Crippen LogP contribution is -2.34. The first-order valence-corrected chi connectivity index (χ1v) is 9.18. The quantitative estimate of drug-likeness (QED) is 0.577. The molecule has 0 radical (unpaired) electrons. The molecule has 3 rings (SSSR count). The Bertz CT molecular complexity index is 1140. The van der Waals surface area contributed by atoms with Crippen LogP contribution in [-0.4, -0.2) is 28.3 Å². The number of aliphatic hydroxyl groups is 1. The first-order chi connectivity index (χ1) is 13.7. The molecule has 2 aromatic carbocycles. The smallest absolute Gasteiger partial charge is 0.407 e. The van der Waals surface area contributed by atoms with E-state index in [4.69, 9.17) is 4.74 Å². The second-order valence-electron chi connectivity index (χ2n) is 7.75. The number of rotatable bonds is 4. The van der Waals surface area contributed by atoms with Crippen molar-refractivity contribution >= 4 is 27.8 Å². The molecule has 0 bridgehead atoms. The zero-order chi connectivity index (χ0) is 21.2. The average molecular weight is 398 g/mol. The third-order valence-corrected chi connectivity index (χ3v) is 4.40. The number of ether oxygens (including phenoxy) is 1. The molecule has 7 heteroatoms. The Labute approximate surface area is 167 Å². The van der Waals surface area contributed by atoms with Crippen LogP contribution in [0.1, 0.15) is 32.4 Å². The van der Waals surface area contributed by atoms with Gasteiger partial charge in [-0.05, 0) is 49.9 Å². The van der Waals surface area contributed by atoms with Crippen LogP contribution >= 0.6 is 0 Å². The number of carbonyl (C=O) groups excluding carboxylic acids is 1. The van der Waals surface area contributed by atoms with Gasteiger partial charge in [-0.3, -0.25) is 4.79 Å². The van der Waals surface area contributed by atoms with Crippen molar-refractivity contribution in [2.24, 2.45) is 0 Å². The van der Waals surface area contributed by atoms with Crippen molar-refractivity contribution in [2.45, 2.75) is 32.5 Å². The normalized spacial score (nSPS) is 13.5. The summed E-state index contributed by atoms with van der Waals surface area (Å²) < 4.78 is 18.6. The molecule has 0 aliphatic rings. The maximum atomic E-state index is 13.4. The Hall–Kier alpha value is -3.19. The standard InChI is InChI=1S/C22H23FN2O4/c1-22(2,3)29-21(28)24-12-14(11-23)19(26)13-8-9-18-17(10-13)15-6-4-5-7-16(15)20(27)25-18/h4-11,19,26H,12H2,1-3H3,(H,24,28)(H,25,27)/b14-11-. The molecule has 6 nitrogen and oxygen atoms in total. The number of hydrogen-bond acceptors (Lipinski definition) is 4. The number of carbonyl (C=O) groups is 1. The minimum atomic E-state index is -1.27. The number of aromatic amines is 1. The summed E-state index contributed by atoms with van der Waals surface area (Å²) in [4.78, 5) is 26.8. The molecule has 1 heterocycles. The Morgan fingerprint density at radius 3 is 2.55 bits per heavy atom. The van der Waals surface area contributed by atoms with Gasteiger partial charge in [0.05, 0.1) is 6.33 Å². The van der Waals surface area contributed by atoms with Crippen molar-refractivity contribution in [1.29, 1.82) is 0 Å². The van der Waals surface area contributed by atoms with E-state index in [-0.39, 0.29) is 24.0 Å². The molecule has 3 N–H and O–H groups in total. The van der Waals surface area contributed by atoms with E-state index in [9.17, 15) is 19.1 Å². The van der Waals surface area contributed by atoms with E-state index in [1.807, 2.05) is 12.1 Å². The second-order valence-corrected chi connectivity index (χ2v) is 7.75. The largest absolute Gasteiger partial charge is 0.444 e. The van der Waals surface area contributed by atoms with E-state index in [2.05, 4.69) is 10.3 Å². The Morgan fingerprint density at radius 1 is 1.21 bits per heavy atom. The summed E-state index contributed by atoms with van der Waals surface area (Å²) in [6, 6.07) is 12.1. The van der Waals surface area contributed by atoms with Crippen LogP contribution in [0.15, 0.2) is 59.2 Å². The number of aliphatic hydroxyl groups excluding tert-OH is 1. The van der Waals surface area contributed by atoms with Crippen LogP contribution in [0.3, 0.4) is 0 Å². The van der Waals surface area contributed by atoms with Crippen molar-refractivity contribution in [1.82, 2.24) is 10.3 Å². The number of benzene rings is 2. The van der Waals surface area contributed by atoms with Gasteiger partial charge in [0.25, 0.3) is 5.56 Å². The van der Waals surface area contributed by atoms with E-state index in [1.54, 1.807) is 51.1 Å². The minimum absolute atomic E-state index is 0.0241. The highest BCUT2D eigenvalue weighted by Crippen LogP contribution is 2.28. The lowest BCUT2D eigenvalue weighted by molar-refractivity contribution is 0.0529. The summed E-state index contributed by atoms with van der Waals surface area (Å²) in [6.45, 7) is 4.95. The maximum Gasteiger partial charge on any atom is 0.407 e. The van der Waals surface area contributed by atoms with Crippen LogP contribution in [0, 0.1) is 0 Å². The fourth-order valence-electron chi connectivity index (χ4n) is 3.07. The van der Waals surface area contributed by atoms with Gasteiger partial charge in [0.15, 0.2) is 0 Å². The van der Waals surface area contributed by atoms with Gasteiger partial charge in [0, 0.05) is 28.4 Å². The SMILES string of the molecule is CC(C)(C)OC(=O)NC/C(=C/F)C(O)c1ccc2[nH]c(=O)c3ccccc3c2c1. The highest BCUT2D eigenvalue weighted by molar-refractivity contribution is 6.05. The molecule has 0 aliphatic heterocycles. The third kappa shape index (κ3) is 4.63. The number of halogens is 1. The lowest BCUT2D eigenvalue weighted by atomic mass is 9.98. The van der Waals surface area contributed by atoms with Crippen LogP contribution in [0.2, 0.25) is 0 Å². The summed E-state index contributed by atoms with van der Waals surface area (Å²) in [7, 11) is 0. The zero-order valence-corrected chi connectivity index (χ0v) is 16.5. The molecule has 152 valence electrons. The van der Waals surface area contributed by atoms with Gasteiger partial charge < -0.3 is 20.1 Å². The Kier molecular flexibility index (Phi) is 5.70. The molecule has 0 fully saturated rings. The van der Waals surface area contributed by atoms with Gasteiger partial charge in [0.2, 0.25) is 0 Å². The molecule has 1 aromatic heterocycles. The molecule has 0 saturated heterocycles. The summed E-state index contributed by atoms with van der Waals surface area (Å²) in [5.74, 6) is 0. The predicted molar refractivity (Wildman–Crippen MR) is 110 cm³/mol. The van der Waals surface area contributed by atoms with Crippen LogP contribution in [-0.2, 0) is 4.74 Å². The molecule has 0 aliphatic carbocycles. The molecular formula is C22H23FN2O4. The van der Waals surface area contributed by atoms with Crippen LogP contribution in [0.5, 0.6) is 0 Å². The van der Waals surface area contributed by atoms with Crippen molar-refractivity contribution in [3.63, 3.8) is 0 Å². The summed E-state index contributed by atoms with van der Waals surface area (Å²) in [6.07, 6.45) is -1.70. The number of nitrogens with one attached hydrogen (secondary N) is 2. The fourth-order valence-corrected chi connectivity index (χ4v) is 3.07. The van der Waals surface area contributed by atoms with Crippen molar-refractivity contribution in [3.8, 4) is 0 Å². The van der Waals surface area contributed by atoms with Crippen LogP contribution < -0.4 is 10.9 Å². The summed E-state index contributed by atoms with van der Waals surface area (Å²) >= 11 is 0. The van der Waals surface area contributed by atoms with Crippen molar-refractivity contribution in [2.75, 3.05) is 6.54 Å². The zero-order valence-electron chi connectivity index (χ0n) is 16.5. The molecular weight excluding hydrogens is 375 g/mol. The second kappa shape index (κ2) is 8.05. The predicted octanol–water partition coefficient (Wildman–Crippen LogP) is 4.09. The minimum Gasteiger partial charge on any atom is -0.444 e. The highest BCUT2D eigenvalue weighted by Gasteiger charge is 2.19. The van der Waals surface area contributed by atoms with Gasteiger partial charge in [-0.15, -0.1) is 0 Å². The number of hydrogen-bond donors (Lipinski definition) is 3. The Morgan fingerprint density at radius 2 is 1.90 bits per heavy atom. The van der Waals surface area contributed by atoms with E-state index < -0.39 is 17.8 Å². The summed E-state index contributed by atoms with van der Waals surface area (Å²) in [5, 5.41) is 15.1. The molecule has 29 heavy (non-hydrogen) atoms. The molecule has 0 spiro atoms. The van der Waals surface area contributed by atoms with Gasteiger partial charge in [0.1, 0.15) is 11.7 Å². The number of fused-ring (bicyclic) bond motifs is 3. The van der Waals surface area contributed by atoms with E-state index >= 15 is 0 Å². The molecule has 0 saturated carbocycles. The van der Waals surface area contributed by atoms with E-state index in [0.717, 1.165) is 10.8 Å².